The molecular formula is C39H56O18. The van der Waals surface area contributed by atoms with Gasteiger partial charge in [0.2, 0.25) is 12.6 Å². The number of ether oxygens (including phenoxy) is 6. The van der Waals surface area contributed by atoms with Gasteiger partial charge in [0.15, 0.2) is 6.29 Å². The summed E-state index contributed by atoms with van der Waals surface area (Å²) in [5.41, 5.74) is 2.04. The molecule has 3 aliphatic heterocycles. The largest absolute Gasteiger partial charge is 0.432 e. The third-order valence-electron chi connectivity index (χ3n) is 9.46. The summed E-state index contributed by atoms with van der Waals surface area (Å²) in [6, 6.07) is 0. The Labute approximate surface area is 330 Å². The molecule has 57 heavy (non-hydrogen) atoms. The van der Waals surface area contributed by atoms with Gasteiger partial charge in [0.25, 0.3) is 0 Å². The third-order valence-corrected chi connectivity index (χ3v) is 9.46. The van der Waals surface area contributed by atoms with Crippen molar-refractivity contribution in [1.29, 1.82) is 0 Å². The molecule has 3 saturated heterocycles. The zero-order valence-corrected chi connectivity index (χ0v) is 32.3. The van der Waals surface area contributed by atoms with Gasteiger partial charge in [-0.1, -0.05) is 78.8 Å². The topological polar surface area (TPSA) is 292 Å². The van der Waals surface area contributed by atoms with Crippen LogP contribution in [0.5, 0.6) is 0 Å². The number of hydrogen-bond acceptors (Lipinski definition) is 18. The maximum atomic E-state index is 12.9. The van der Waals surface area contributed by atoms with Gasteiger partial charge >= 0.3 is 11.9 Å². The Morgan fingerprint density at radius 3 is 1.39 bits per heavy atom. The van der Waals surface area contributed by atoms with E-state index in [2.05, 4.69) is 0 Å². The summed E-state index contributed by atoms with van der Waals surface area (Å²) in [5, 5.41) is 99.8. The summed E-state index contributed by atoms with van der Waals surface area (Å²) >= 11 is 0. The summed E-state index contributed by atoms with van der Waals surface area (Å²) in [4.78, 5) is 25.3. The van der Waals surface area contributed by atoms with Gasteiger partial charge in [-0.3, -0.25) is 0 Å². The SMILES string of the molecule is CC(/C=C/C=C(\C)C(=O)O[C@@H]1OC(CO[C@@H]2OC(CO)[C@@H](O)[C@H](O)C2O)[C@@H](O)[C@H](O)C1C)=C\C=C\C=C(C)\C=C\C=C(/C)C(=O)O[C@@H]1OC(CO)[C@@H](O)[C@H](O)C1O. The van der Waals surface area contributed by atoms with Crippen LogP contribution in [0.2, 0.25) is 0 Å². The average molecular weight is 813 g/mol. The molecule has 0 aromatic rings. The Balaban J connectivity index is 1.48. The molecule has 6 unspecified atom stereocenters. The average Bonchev–Trinajstić information content (AvgIpc) is 3.18. The second-order valence-corrected chi connectivity index (χ2v) is 14.0. The second kappa shape index (κ2) is 22.6. The lowest BCUT2D eigenvalue weighted by atomic mass is 9.92. The Kier molecular flexibility index (Phi) is 19.0. The Morgan fingerprint density at radius 1 is 0.509 bits per heavy atom. The molecule has 0 amide bonds. The van der Waals surface area contributed by atoms with Gasteiger partial charge < -0.3 is 79.5 Å². The van der Waals surface area contributed by atoms with Crippen LogP contribution in [0, 0.1) is 5.92 Å². The lowest BCUT2D eigenvalue weighted by molar-refractivity contribution is -0.321. The van der Waals surface area contributed by atoms with Gasteiger partial charge in [-0.25, -0.2) is 9.59 Å². The van der Waals surface area contributed by atoms with Crippen LogP contribution in [0.1, 0.15) is 34.6 Å². The third kappa shape index (κ3) is 13.3. The molecular weight excluding hydrogens is 756 g/mol. The number of hydrogen-bond donors (Lipinski definition) is 10. The van der Waals surface area contributed by atoms with Crippen molar-refractivity contribution in [2.24, 2.45) is 5.92 Å². The lowest BCUT2D eigenvalue weighted by Crippen LogP contribution is -2.60. The van der Waals surface area contributed by atoms with Crippen LogP contribution in [0.3, 0.4) is 0 Å². The highest BCUT2D eigenvalue weighted by Crippen LogP contribution is 2.29. The summed E-state index contributed by atoms with van der Waals surface area (Å²) in [6.45, 7) is 6.40. The van der Waals surface area contributed by atoms with Crippen LogP contribution < -0.4 is 0 Å². The van der Waals surface area contributed by atoms with Gasteiger partial charge in [0.05, 0.1) is 25.9 Å². The highest BCUT2D eigenvalue weighted by Gasteiger charge is 2.48. The van der Waals surface area contributed by atoms with Crippen molar-refractivity contribution in [2.75, 3.05) is 19.8 Å². The first-order chi connectivity index (χ1) is 26.9. The van der Waals surface area contributed by atoms with Gasteiger partial charge in [-0.2, -0.15) is 0 Å². The van der Waals surface area contributed by atoms with Crippen LogP contribution in [-0.2, 0) is 38.0 Å². The van der Waals surface area contributed by atoms with Crippen molar-refractivity contribution in [1.82, 2.24) is 0 Å². The van der Waals surface area contributed by atoms with Crippen molar-refractivity contribution in [2.45, 2.75) is 121 Å². The molecule has 15 atom stereocenters. The van der Waals surface area contributed by atoms with Crippen LogP contribution in [-0.4, -0.2) is 169 Å². The first-order valence-electron chi connectivity index (χ1n) is 18.3. The summed E-state index contributed by atoms with van der Waals surface area (Å²) in [6.07, 6.45) is -3.82. The zero-order chi connectivity index (χ0) is 42.6. The molecule has 18 heteroatoms. The molecule has 0 aliphatic carbocycles. The molecule has 0 aromatic heterocycles. The molecule has 10 N–H and O–H groups in total. The number of rotatable bonds is 15. The molecule has 3 aliphatic rings. The number of allylic oxidation sites excluding steroid dienone is 12. The van der Waals surface area contributed by atoms with Gasteiger partial charge in [-0.05, 0) is 27.7 Å². The predicted molar refractivity (Wildman–Crippen MR) is 198 cm³/mol. The fraction of sp³-hybridized carbons (Fsp3) is 0.590. The number of esters is 2. The molecule has 320 valence electrons. The van der Waals surface area contributed by atoms with Crippen molar-refractivity contribution in [3.63, 3.8) is 0 Å². The maximum Gasteiger partial charge on any atom is 0.336 e. The first-order valence-corrected chi connectivity index (χ1v) is 18.3. The van der Waals surface area contributed by atoms with Crippen molar-refractivity contribution in [3.8, 4) is 0 Å². The quantitative estimate of drug-likeness (QED) is 0.0497. The fourth-order valence-corrected chi connectivity index (χ4v) is 5.65. The molecule has 3 fully saturated rings. The number of carbonyl (C=O) groups is 2. The normalized spacial score (nSPS) is 37.6. The molecule has 0 radical (unpaired) electrons. The molecule has 0 aromatic carbocycles. The Morgan fingerprint density at radius 2 is 0.912 bits per heavy atom. The molecule has 0 bridgehead atoms. The smallest absolute Gasteiger partial charge is 0.336 e. The van der Waals surface area contributed by atoms with Gasteiger partial charge in [0.1, 0.15) is 61.0 Å². The van der Waals surface area contributed by atoms with E-state index in [4.69, 9.17) is 28.4 Å². The van der Waals surface area contributed by atoms with E-state index in [1.165, 1.54) is 32.9 Å². The number of aliphatic hydroxyl groups excluding tert-OH is 10. The van der Waals surface area contributed by atoms with E-state index in [-0.39, 0.29) is 11.1 Å². The van der Waals surface area contributed by atoms with E-state index >= 15 is 0 Å². The molecule has 3 rings (SSSR count). The fourth-order valence-electron chi connectivity index (χ4n) is 5.65. The standard InChI is InChI=1S/C39H56O18/c1-19(10-6-7-11-20(2)13-9-15-22(4)36(51)57-39-34(49)32(47)29(44)25(17-41)54-39)12-8-14-21(3)35(50)56-37-23(5)27(42)30(45)26(55-37)18-52-38-33(48)31(46)28(43)24(16-40)53-38/h6-15,23-34,37-49H,16-18H2,1-5H3/b7-6+,12-8+,13-9+,19-10+,20-11+,21-14+,22-15+/t23?,24?,25?,26?,27-,28-,29-,30-,31+,32+,33?,34?,37+,38-,39+/m1/s1. The van der Waals surface area contributed by atoms with E-state index in [1.54, 1.807) is 36.5 Å². The molecule has 0 saturated carbocycles. The molecule has 3 heterocycles. The lowest BCUT2D eigenvalue weighted by Gasteiger charge is -2.43. The van der Waals surface area contributed by atoms with Crippen LogP contribution >= 0.6 is 0 Å². The number of aliphatic hydroxyl groups is 10. The van der Waals surface area contributed by atoms with Gasteiger partial charge in [-0.15, -0.1) is 0 Å². The first kappa shape index (κ1) is 47.9. The summed E-state index contributed by atoms with van der Waals surface area (Å²) in [7, 11) is 0. The monoisotopic (exact) mass is 812 g/mol. The van der Waals surface area contributed by atoms with E-state index in [0.29, 0.717) is 0 Å². The minimum atomic E-state index is -1.70. The van der Waals surface area contributed by atoms with E-state index in [9.17, 15) is 60.7 Å². The summed E-state index contributed by atoms with van der Waals surface area (Å²) in [5.74, 6) is -2.41. The maximum absolute atomic E-state index is 12.9. The molecule has 0 spiro atoms. The minimum Gasteiger partial charge on any atom is -0.432 e. The van der Waals surface area contributed by atoms with Crippen LogP contribution in [0.15, 0.2) is 83.1 Å². The van der Waals surface area contributed by atoms with Crippen molar-refractivity contribution >= 4 is 11.9 Å². The van der Waals surface area contributed by atoms with Crippen molar-refractivity contribution < 1.29 is 89.1 Å². The highest BCUT2D eigenvalue weighted by molar-refractivity contribution is 5.88. The zero-order valence-electron chi connectivity index (χ0n) is 32.3. The number of carbonyl (C=O) groups excluding carboxylic acids is 2. The minimum absolute atomic E-state index is 0.164. The molecule has 18 nitrogen and oxygen atoms in total. The van der Waals surface area contributed by atoms with Gasteiger partial charge in [0, 0.05) is 17.1 Å². The van der Waals surface area contributed by atoms with E-state index < -0.39 is 124 Å². The van der Waals surface area contributed by atoms with E-state index in [1.807, 2.05) is 26.0 Å². The Bertz CT molecular complexity index is 1540. The van der Waals surface area contributed by atoms with Crippen molar-refractivity contribution in [3.05, 3.63) is 83.1 Å². The Hall–Kier alpha value is -3.44. The second-order valence-electron chi connectivity index (χ2n) is 14.0. The predicted octanol–water partition coefficient (Wildman–Crippen LogP) is -1.77. The van der Waals surface area contributed by atoms with Crippen LogP contribution in [0.4, 0.5) is 0 Å². The highest BCUT2D eigenvalue weighted by atomic mass is 16.7. The van der Waals surface area contributed by atoms with Crippen LogP contribution in [0.25, 0.3) is 0 Å². The summed E-state index contributed by atoms with van der Waals surface area (Å²) < 4.78 is 32.2. The van der Waals surface area contributed by atoms with E-state index in [0.717, 1.165) is 11.1 Å².